The fraction of sp³-hybridized carbons (Fsp3) is 0.545. The van der Waals surface area contributed by atoms with Gasteiger partial charge in [0.1, 0.15) is 5.82 Å². The van der Waals surface area contributed by atoms with E-state index >= 15 is 0 Å². The first-order valence-corrected chi connectivity index (χ1v) is 5.62. The lowest BCUT2D eigenvalue weighted by Crippen LogP contribution is -2.28. The second-order valence-corrected chi connectivity index (χ2v) is 4.06. The van der Waals surface area contributed by atoms with Crippen molar-refractivity contribution in [3.05, 3.63) is 22.7 Å². The van der Waals surface area contributed by atoms with Gasteiger partial charge < -0.3 is 10.1 Å². The zero-order chi connectivity index (χ0) is 12.3. The molecule has 0 bridgehead atoms. The third kappa shape index (κ3) is 3.13. The summed E-state index contributed by atoms with van der Waals surface area (Å²) >= 11 is 0. The Balaban J connectivity index is 2.08. The Bertz CT molecular complexity index is 463. The molecule has 0 aliphatic carbocycles. The molecule has 1 aliphatic rings. The van der Waals surface area contributed by atoms with Gasteiger partial charge in [0, 0.05) is 19.7 Å². The summed E-state index contributed by atoms with van der Waals surface area (Å²) in [6.45, 7) is 2.66. The number of amides is 1. The van der Waals surface area contributed by atoms with Crippen LogP contribution in [0.4, 0.5) is 5.82 Å². The second kappa shape index (κ2) is 5.09. The highest BCUT2D eigenvalue weighted by Gasteiger charge is 2.16. The zero-order valence-electron chi connectivity index (χ0n) is 9.68. The van der Waals surface area contributed by atoms with Crippen molar-refractivity contribution in [2.24, 2.45) is 0 Å². The standard InChI is InChI=1S/C11H15N3O3/c1-8(15)12-10-4-5-14(11(16)13-10)7-9-3-2-6-17-9/h4-5,9H,2-3,6-7H2,1H3,(H,12,13,15,16). The average Bonchev–Trinajstić information content (AvgIpc) is 2.74. The molecule has 6 heteroatoms. The maximum absolute atomic E-state index is 11.7. The monoisotopic (exact) mass is 237 g/mol. The Morgan fingerprint density at radius 3 is 3.12 bits per heavy atom. The van der Waals surface area contributed by atoms with Crippen molar-refractivity contribution in [1.82, 2.24) is 9.55 Å². The van der Waals surface area contributed by atoms with Crippen molar-refractivity contribution in [1.29, 1.82) is 0 Å². The highest BCUT2D eigenvalue weighted by molar-refractivity contribution is 5.87. The summed E-state index contributed by atoms with van der Waals surface area (Å²) in [5.74, 6) is 0.0415. The fourth-order valence-corrected chi connectivity index (χ4v) is 1.83. The van der Waals surface area contributed by atoms with Crippen LogP contribution in [0.15, 0.2) is 17.1 Å². The quantitative estimate of drug-likeness (QED) is 0.824. The van der Waals surface area contributed by atoms with Crippen molar-refractivity contribution in [3.8, 4) is 0 Å². The Kier molecular flexibility index (Phi) is 3.53. The number of carbonyl (C=O) groups excluding carboxylic acids is 1. The predicted molar refractivity (Wildman–Crippen MR) is 61.8 cm³/mol. The van der Waals surface area contributed by atoms with Crippen LogP contribution in [0, 0.1) is 0 Å². The lowest BCUT2D eigenvalue weighted by atomic mass is 10.2. The van der Waals surface area contributed by atoms with Gasteiger partial charge in [0.25, 0.3) is 0 Å². The molecule has 0 spiro atoms. The van der Waals surface area contributed by atoms with Gasteiger partial charge in [0.15, 0.2) is 0 Å². The summed E-state index contributed by atoms with van der Waals surface area (Å²) in [6, 6.07) is 1.61. The van der Waals surface area contributed by atoms with Gasteiger partial charge in [0.05, 0.1) is 12.6 Å². The summed E-state index contributed by atoms with van der Waals surface area (Å²) in [5.41, 5.74) is -0.369. The van der Waals surface area contributed by atoms with Gasteiger partial charge in [-0.05, 0) is 18.9 Å². The molecule has 17 heavy (non-hydrogen) atoms. The Hall–Kier alpha value is -1.69. The maximum atomic E-state index is 11.7. The number of carbonyl (C=O) groups is 1. The molecule has 0 aromatic carbocycles. The number of nitrogens with zero attached hydrogens (tertiary/aromatic N) is 2. The molecule has 1 aromatic heterocycles. The molecular weight excluding hydrogens is 222 g/mol. The van der Waals surface area contributed by atoms with E-state index in [-0.39, 0.29) is 23.5 Å². The molecule has 1 fully saturated rings. The molecule has 1 atom stereocenters. The molecule has 0 radical (unpaired) electrons. The third-order valence-corrected chi connectivity index (χ3v) is 2.60. The molecule has 2 heterocycles. The van der Waals surface area contributed by atoms with Crippen LogP contribution in [0.25, 0.3) is 0 Å². The first-order valence-electron chi connectivity index (χ1n) is 5.62. The number of aromatic nitrogens is 2. The first kappa shape index (κ1) is 11.8. The summed E-state index contributed by atoms with van der Waals surface area (Å²) < 4.78 is 6.95. The molecule has 92 valence electrons. The number of hydrogen-bond donors (Lipinski definition) is 1. The lowest BCUT2D eigenvalue weighted by Gasteiger charge is -2.11. The van der Waals surface area contributed by atoms with E-state index in [2.05, 4.69) is 10.3 Å². The SMILES string of the molecule is CC(=O)Nc1ccn(CC2CCCO2)c(=O)n1. The Morgan fingerprint density at radius 2 is 2.53 bits per heavy atom. The van der Waals surface area contributed by atoms with Crippen molar-refractivity contribution >= 4 is 11.7 Å². The van der Waals surface area contributed by atoms with Gasteiger partial charge in [-0.1, -0.05) is 0 Å². The van der Waals surface area contributed by atoms with Gasteiger partial charge in [-0.3, -0.25) is 9.36 Å². The van der Waals surface area contributed by atoms with Gasteiger partial charge in [-0.15, -0.1) is 0 Å². The summed E-state index contributed by atoms with van der Waals surface area (Å²) in [6.07, 6.45) is 3.74. The van der Waals surface area contributed by atoms with E-state index in [4.69, 9.17) is 4.74 Å². The van der Waals surface area contributed by atoms with Crippen LogP contribution in [-0.2, 0) is 16.1 Å². The molecule has 1 saturated heterocycles. The minimum Gasteiger partial charge on any atom is -0.376 e. The van der Waals surface area contributed by atoms with E-state index < -0.39 is 0 Å². The third-order valence-electron chi connectivity index (χ3n) is 2.60. The smallest absolute Gasteiger partial charge is 0.349 e. The molecule has 1 aromatic rings. The van der Waals surface area contributed by atoms with E-state index in [1.54, 1.807) is 12.3 Å². The largest absolute Gasteiger partial charge is 0.376 e. The number of anilines is 1. The molecule has 6 nitrogen and oxygen atoms in total. The summed E-state index contributed by atoms with van der Waals surface area (Å²) in [5, 5.41) is 2.47. The molecule has 1 N–H and O–H groups in total. The predicted octanol–water partition coefficient (Wildman–Crippen LogP) is 0.381. The number of rotatable bonds is 3. The minimum absolute atomic E-state index is 0.0983. The molecular formula is C11H15N3O3. The van der Waals surface area contributed by atoms with Crippen LogP contribution in [0.5, 0.6) is 0 Å². The van der Waals surface area contributed by atoms with E-state index in [9.17, 15) is 9.59 Å². The summed E-state index contributed by atoms with van der Waals surface area (Å²) in [4.78, 5) is 26.2. The van der Waals surface area contributed by atoms with E-state index in [1.165, 1.54) is 11.5 Å². The normalized spacial score (nSPS) is 19.2. The molecule has 1 amide bonds. The highest BCUT2D eigenvalue weighted by atomic mass is 16.5. The molecule has 0 saturated carbocycles. The van der Waals surface area contributed by atoms with Crippen LogP contribution in [0.3, 0.4) is 0 Å². The van der Waals surface area contributed by atoms with Crippen molar-refractivity contribution < 1.29 is 9.53 Å². The number of nitrogens with one attached hydrogen (secondary N) is 1. The molecule has 1 unspecified atom stereocenters. The van der Waals surface area contributed by atoms with Crippen LogP contribution >= 0.6 is 0 Å². The van der Waals surface area contributed by atoms with Crippen LogP contribution in [-0.4, -0.2) is 28.2 Å². The van der Waals surface area contributed by atoms with Gasteiger partial charge in [-0.2, -0.15) is 4.98 Å². The van der Waals surface area contributed by atoms with E-state index in [0.29, 0.717) is 6.54 Å². The molecule has 1 aliphatic heterocycles. The number of hydrogen-bond acceptors (Lipinski definition) is 4. The van der Waals surface area contributed by atoms with E-state index in [1.807, 2.05) is 0 Å². The highest BCUT2D eigenvalue weighted by Crippen LogP contribution is 2.13. The van der Waals surface area contributed by atoms with Gasteiger partial charge in [0.2, 0.25) is 5.91 Å². The second-order valence-electron chi connectivity index (χ2n) is 4.06. The van der Waals surface area contributed by atoms with Gasteiger partial charge >= 0.3 is 5.69 Å². The zero-order valence-corrected chi connectivity index (χ0v) is 9.68. The van der Waals surface area contributed by atoms with Crippen LogP contribution < -0.4 is 11.0 Å². The topological polar surface area (TPSA) is 73.2 Å². The molecule has 2 rings (SSSR count). The maximum Gasteiger partial charge on any atom is 0.349 e. The van der Waals surface area contributed by atoms with Crippen molar-refractivity contribution in [3.63, 3.8) is 0 Å². The minimum atomic E-state index is -0.369. The number of ether oxygens (including phenoxy) is 1. The Labute approximate surface area is 98.6 Å². The average molecular weight is 237 g/mol. The Morgan fingerprint density at radius 1 is 1.71 bits per heavy atom. The van der Waals surface area contributed by atoms with Crippen molar-refractivity contribution in [2.75, 3.05) is 11.9 Å². The van der Waals surface area contributed by atoms with Crippen LogP contribution in [0.1, 0.15) is 19.8 Å². The summed E-state index contributed by atoms with van der Waals surface area (Å²) in [7, 11) is 0. The first-order chi connectivity index (χ1) is 8.15. The van der Waals surface area contributed by atoms with Crippen molar-refractivity contribution in [2.45, 2.75) is 32.4 Å². The van der Waals surface area contributed by atoms with E-state index in [0.717, 1.165) is 19.4 Å². The fourth-order valence-electron chi connectivity index (χ4n) is 1.83. The van der Waals surface area contributed by atoms with Crippen LogP contribution in [0.2, 0.25) is 0 Å². The van der Waals surface area contributed by atoms with Gasteiger partial charge in [-0.25, -0.2) is 4.79 Å². The lowest BCUT2D eigenvalue weighted by molar-refractivity contribution is -0.114.